The number of halogens is 3. The molecule has 0 aliphatic rings. The molecule has 0 aliphatic carbocycles. The van der Waals surface area contributed by atoms with Crippen LogP contribution in [0.25, 0.3) is 0 Å². The van der Waals surface area contributed by atoms with Crippen LogP contribution >= 0.6 is 67.8 Å². The van der Waals surface area contributed by atoms with E-state index in [1.807, 2.05) is 0 Å². The van der Waals surface area contributed by atoms with Crippen LogP contribution < -0.4 is 108 Å². The maximum Gasteiger partial charge on any atom is 1.00 e. The fourth-order valence-electron chi connectivity index (χ4n) is 1.41. The Bertz CT molecular complexity index is 469. The average molecular weight is 881 g/mol. The first-order chi connectivity index (χ1) is 14.8. The van der Waals surface area contributed by atoms with Gasteiger partial charge in [-0.05, 0) is 41.5 Å². The van der Waals surface area contributed by atoms with Gasteiger partial charge in [0.1, 0.15) is 11.2 Å². The quantitative estimate of drug-likeness (QED) is 0.0469. The van der Waals surface area contributed by atoms with Crippen LogP contribution in [0.2, 0.25) is 0 Å². The normalized spacial score (nSPS) is 9.94. The minimum atomic E-state index is -0.727. The topological polar surface area (TPSA) is 124 Å². The number of alkyl halides is 3. The number of hydrogen-bond acceptors (Lipinski definition) is 9. The third-order valence-corrected chi connectivity index (χ3v) is 3.71. The molecular formula is C19H36I3K2NO9. The third-order valence-electron chi connectivity index (χ3n) is 2.39. The zero-order valence-electron chi connectivity index (χ0n) is 22.5. The Morgan fingerprint density at radius 1 is 0.794 bits per heavy atom. The second kappa shape index (κ2) is 31.1. The molecule has 0 rings (SSSR count). The average Bonchev–Trinajstić information content (AvgIpc) is 2.66. The molecule has 0 radical (unpaired) electrons. The molecular weight excluding hydrogens is 845 g/mol. The molecule has 0 saturated carbocycles. The zero-order valence-corrected chi connectivity index (χ0v) is 34.2. The van der Waals surface area contributed by atoms with Gasteiger partial charge in [0.25, 0.3) is 6.47 Å². The second-order valence-electron chi connectivity index (χ2n) is 7.60. The fraction of sp³-hybridized carbons (Fsp3) is 0.842. The van der Waals surface area contributed by atoms with Crippen LogP contribution in [0.15, 0.2) is 0 Å². The molecule has 34 heavy (non-hydrogen) atoms. The zero-order chi connectivity index (χ0) is 25.6. The molecule has 0 heterocycles. The van der Waals surface area contributed by atoms with Gasteiger partial charge < -0.3 is 30.5 Å². The molecule has 0 N–H and O–H groups in total. The summed E-state index contributed by atoms with van der Waals surface area (Å²) in [5, 5.41) is 8.43. The van der Waals surface area contributed by atoms with Crippen molar-refractivity contribution in [3.8, 4) is 0 Å². The molecule has 10 nitrogen and oxygen atoms in total. The molecule has 2 amide bonds. The number of ether oxygens (including phenoxy) is 4. The van der Waals surface area contributed by atoms with Crippen LogP contribution in [0, 0.1) is 0 Å². The van der Waals surface area contributed by atoms with Gasteiger partial charge in [-0.3, -0.25) is 4.79 Å². The largest absolute Gasteiger partial charge is 1.00 e. The van der Waals surface area contributed by atoms with E-state index < -0.39 is 23.4 Å². The van der Waals surface area contributed by atoms with Gasteiger partial charge in [-0.15, -0.1) is 0 Å². The molecule has 0 bridgehead atoms. The molecule has 0 aromatic carbocycles. The van der Waals surface area contributed by atoms with Crippen molar-refractivity contribution in [2.24, 2.45) is 0 Å². The summed E-state index contributed by atoms with van der Waals surface area (Å²) in [5.74, 6) is 0. The number of carbonyl (C=O) groups is 3. The van der Waals surface area contributed by atoms with Crippen LogP contribution in [0.5, 0.6) is 0 Å². The summed E-state index contributed by atoms with van der Waals surface area (Å²) >= 11 is 6.78. The van der Waals surface area contributed by atoms with Gasteiger partial charge in [0.2, 0.25) is 0 Å². The standard InChI is InChI=1S/C14H26INO5.C4H8I2O.CH2O3.2K.H/c1-13(2,3)20-11(17)16(8-10-19-9-7-15)12(18)21-14(4,5)6;5-1-3-7-4-2-6;2-1-4-3;;;/h7-10H2,1-6H3;1-4H2;1,3H;;;/q;;;2*+1;-1/p-1. The minimum absolute atomic E-state index is 0. The van der Waals surface area contributed by atoms with E-state index in [-0.39, 0.29) is 124 Å². The number of hydrogen-bond donors (Lipinski definition) is 0. The summed E-state index contributed by atoms with van der Waals surface area (Å²) in [6.45, 7) is 13.0. The molecule has 0 unspecified atom stereocenters. The van der Waals surface area contributed by atoms with Crippen molar-refractivity contribution in [3.63, 3.8) is 0 Å². The Labute approximate surface area is 331 Å². The number of rotatable bonds is 10. The summed E-state index contributed by atoms with van der Waals surface area (Å²) in [5.41, 5.74) is -1.36. The first kappa shape index (κ1) is 47.3. The Morgan fingerprint density at radius 2 is 1.09 bits per heavy atom. The van der Waals surface area contributed by atoms with Crippen LogP contribution in [0.4, 0.5) is 9.59 Å². The maximum absolute atomic E-state index is 12.1. The van der Waals surface area contributed by atoms with Crippen LogP contribution in [0.1, 0.15) is 43.0 Å². The van der Waals surface area contributed by atoms with E-state index in [0.717, 1.165) is 31.4 Å². The van der Waals surface area contributed by atoms with Crippen LogP contribution in [0.3, 0.4) is 0 Å². The van der Waals surface area contributed by atoms with Gasteiger partial charge in [0.15, 0.2) is 0 Å². The summed E-state index contributed by atoms with van der Waals surface area (Å²) in [6, 6.07) is 0. The minimum Gasteiger partial charge on any atom is -1.00 e. The summed E-state index contributed by atoms with van der Waals surface area (Å²) in [4.78, 5) is 36.4. The van der Waals surface area contributed by atoms with Crippen molar-refractivity contribution in [3.05, 3.63) is 0 Å². The van der Waals surface area contributed by atoms with Gasteiger partial charge >= 0.3 is 115 Å². The number of imide groups is 1. The molecule has 0 atom stereocenters. The molecule has 0 saturated heterocycles. The van der Waals surface area contributed by atoms with Crippen LogP contribution in [-0.2, 0) is 28.6 Å². The van der Waals surface area contributed by atoms with E-state index in [1.165, 1.54) is 0 Å². The van der Waals surface area contributed by atoms with Crippen molar-refractivity contribution in [2.45, 2.75) is 52.7 Å². The first-order valence-corrected chi connectivity index (χ1v) is 14.2. The molecule has 194 valence electrons. The maximum atomic E-state index is 12.1. The Kier molecular flexibility index (Phi) is 43.3. The van der Waals surface area contributed by atoms with Crippen molar-refractivity contribution < 1.29 is 148 Å². The third kappa shape index (κ3) is 40.1. The number of nitrogens with zero attached hydrogens (tertiary/aromatic N) is 1. The van der Waals surface area contributed by atoms with Gasteiger partial charge in [-0.1, -0.05) is 67.8 Å². The van der Waals surface area contributed by atoms with Gasteiger partial charge in [0, 0.05) is 13.3 Å². The Balaban J connectivity index is -0.000000126. The summed E-state index contributed by atoms with van der Waals surface area (Å²) in [7, 11) is 0. The van der Waals surface area contributed by atoms with Crippen molar-refractivity contribution in [2.75, 3.05) is 46.3 Å². The molecule has 0 fully saturated rings. The fourth-order valence-corrected chi connectivity index (χ4v) is 2.35. The van der Waals surface area contributed by atoms with Crippen molar-refractivity contribution >= 4 is 86.4 Å². The van der Waals surface area contributed by atoms with E-state index in [1.54, 1.807) is 41.5 Å². The van der Waals surface area contributed by atoms with Crippen LogP contribution in [-0.4, -0.2) is 81.0 Å². The van der Waals surface area contributed by atoms with E-state index >= 15 is 0 Å². The Hall–Kier alpha value is 3.55. The van der Waals surface area contributed by atoms with E-state index in [0.29, 0.717) is 6.61 Å². The van der Waals surface area contributed by atoms with Crippen molar-refractivity contribution in [1.82, 2.24) is 4.90 Å². The SMILES string of the molecule is CC(C)(C)OC(=O)N(CCOCCI)C(=O)OC(C)(C)C.ICCOCCI.O=CO[O-].[H-].[K+].[K+]. The van der Waals surface area contributed by atoms with E-state index in [9.17, 15) is 9.59 Å². The summed E-state index contributed by atoms with van der Waals surface area (Å²) in [6.07, 6.45) is -1.45. The van der Waals surface area contributed by atoms with Gasteiger partial charge in [-0.25, -0.2) is 14.5 Å². The molecule has 0 aromatic heterocycles. The second-order valence-corrected chi connectivity index (χ2v) is 10.8. The van der Waals surface area contributed by atoms with E-state index in [2.05, 4.69) is 72.7 Å². The first-order valence-electron chi connectivity index (χ1n) is 9.58. The molecule has 0 aromatic rings. The summed E-state index contributed by atoms with van der Waals surface area (Å²) < 4.78 is 23.9. The molecule has 0 aliphatic heterocycles. The Morgan fingerprint density at radius 3 is 1.32 bits per heavy atom. The molecule has 0 spiro atoms. The predicted molar refractivity (Wildman–Crippen MR) is 146 cm³/mol. The number of amides is 2. The van der Waals surface area contributed by atoms with Crippen molar-refractivity contribution in [1.29, 1.82) is 0 Å². The smallest absolute Gasteiger partial charge is 1.00 e. The monoisotopic (exact) mass is 881 g/mol. The van der Waals surface area contributed by atoms with Gasteiger partial charge in [-0.2, -0.15) is 0 Å². The number of carbonyl (C=O) groups excluding carboxylic acids is 3. The van der Waals surface area contributed by atoms with Gasteiger partial charge in [0.05, 0.1) is 33.0 Å². The molecule has 15 heteroatoms. The predicted octanol–water partition coefficient (Wildman–Crippen LogP) is -1.96. The van der Waals surface area contributed by atoms with E-state index in [4.69, 9.17) is 29.0 Å².